The molecule has 0 saturated carbocycles. The summed E-state index contributed by atoms with van der Waals surface area (Å²) < 4.78 is 6.77. The number of para-hydroxylation sites is 3. The van der Waals surface area contributed by atoms with Gasteiger partial charge in [-0.3, -0.25) is 0 Å². The number of anilines is 3. The van der Waals surface area contributed by atoms with Crippen molar-refractivity contribution in [1.82, 2.24) is 15.0 Å². The maximum Gasteiger partial charge on any atom is 0.164 e. The van der Waals surface area contributed by atoms with Gasteiger partial charge in [-0.05, 0) is 150 Å². The Bertz CT molecular complexity index is 5240. The molecule has 93 heavy (non-hydrogen) atoms. The van der Waals surface area contributed by atoms with Gasteiger partial charge < -0.3 is 9.32 Å². The average Bonchev–Trinajstić information content (AvgIpc) is 0.914. The van der Waals surface area contributed by atoms with Crippen LogP contribution in [0.4, 0.5) is 17.1 Å². The van der Waals surface area contributed by atoms with Gasteiger partial charge in [0.25, 0.3) is 0 Å². The summed E-state index contributed by atoms with van der Waals surface area (Å²) in [5.41, 5.74) is 25.5. The zero-order chi connectivity index (χ0) is 61.7. The van der Waals surface area contributed by atoms with Crippen LogP contribution in [0, 0.1) is 0 Å². The highest BCUT2D eigenvalue weighted by Crippen LogP contribution is 2.58. The topological polar surface area (TPSA) is 55.1 Å². The molecular formula is C88H58N4O. The Morgan fingerprint density at radius 2 is 0.624 bits per heavy atom. The fraction of sp³-hybridized carbons (Fsp3) is 0.0114. The Labute approximate surface area is 540 Å². The van der Waals surface area contributed by atoms with Crippen molar-refractivity contribution in [2.45, 2.75) is 5.41 Å². The van der Waals surface area contributed by atoms with Crippen LogP contribution in [0.15, 0.2) is 356 Å². The minimum absolute atomic E-state index is 0.618. The van der Waals surface area contributed by atoms with Gasteiger partial charge in [0.2, 0.25) is 0 Å². The molecule has 436 valence electrons. The summed E-state index contributed by atoms with van der Waals surface area (Å²) in [6.07, 6.45) is 0. The smallest absolute Gasteiger partial charge is 0.164 e. The Balaban J connectivity index is 0.720. The molecule has 0 N–H and O–H groups in total. The Kier molecular flexibility index (Phi) is 13.7. The highest BCUT2D eigenvalue weighted by molar-refractivity contribution is 6.11. The SMILES string of the molecule is c1ccc(-c2cccc(C3(c4cccc(-c5ccccc5)c4)c4ccccc4N(c4ccc(-c5cccc(-c6cc(-c7ccc(-c8cccc(-c9nc(-c%10ccccc%10)nc(-c%10ccccc%10)n9)c8)cc7)c7oc8ccccc8c7c6)c5)cc4)c4ccccc43)c2)cc1. The van der Waals surface area contributed by atoms with Crippen LogP contribution in [0.2, 0.25) is 0 Å². The molecule has 14 aromatic carbocycles. The molecule has 0 spiro atoms. The monoisotopic (exact) mass is 1190 g/mol. The van der Waals surface area contributed by atoms with E-state index in [1.54, 1.807) is 0 Å². The second-order valence-electron chi connectivity index (χ2n) is 23.8. The molecule has 0 unspecified atom stereocenters. The van der Waals surface area contributed by atoms with Crippen molar-refractivity contribution >= 4 is 39.0 Å². The van der Waals surface area contributed by atoms with E-state index in [-0.39, 0.29) is 0 Å². The Morgan fingerprint density at radius 3 is 1.16 bits per heavy atom. The third-order valence-corrected chi connectivity index (χ3v) is 18.4. The summed E-state index contributed by atoms with van der Waals surface area (Å²) in [5, 5.41) is 2.16. The average molecular weight is 1190 g/mol. The van der Waals surface area contributed by atoms with Crippen LogP contribution in [-0.4, -0.2) is 15.0 Å². The van der Waals surface area contributed by atoms with Crippen molar-refractivity contribution in [1.29, 1.82) is 0 Å². The quantitative estimate of drug-likeness (QED) is 0.122. The van der Waals surface area contributed by atoms with Crippen molar-refractivity contribution in [3.63, 3.8) is 0 Å². The molecule has 0 saturated heterocycles. The van der Waals surface area contributed by atoms with Crippen molar-refractivity contribution in [3.05, 3.63) is 374 Å². The highest BCUT2D eigenvalue weighted by atomic mass is 16.3. The van der Waals surface area contributed by atoms with E-state index in [4.69, 9.17) is 19.4 Å². The van der Waals surface area contributed by atoms with Gasteiger partial charge in [0.15, 0.2) is 17.5 Å². The lowest BCUT2D eigenvalue weighted by molar-refractivity contribution is 0.670. The van der Waals surface area contributed by atoms with Gasteiger partial charge in [0.1, 0.15) is 11.2 Å². The first-order chi connectivity index (χ1) is 46.1. The van der Waals surface area contributed by atoms with E-state index in [1.165, 1.54) is 44.5 Å². The standard InChI is InChI=1S/C88H58N4O/c1-5-23-59(24-6-1)69-34-21-37-73(55-69)88(74-38-22-35-70(56-74)60-25-7-2-8-26-60)79-40-14-16-42-81(79)92(82-43-17-15-41-80(82)88)75-51-49-62(50-52-75)66-31-19-33-68(53-66)72-57-77(84-78(58-72)76-39-13-18-44-83(76)93-84)63-47-45-61(46-48-63)67-32-20-36-71(54-67)87-90-85(64-27-9-3-10-28-64)89-86(91-87)65-29-11-4-12-30-65/h1-58H. The third kappa shape index (κ3) is 9.88. The fourth-order valence-corrected chi connectivity index (χ4v) is 13.9. The molecule has 0 aliphatic carbocycles. The first-order valence-electron chi connectivity index (χ1n) is 31.6. The molecule has 0 radical (unpaired) electrons. The summed E-state index contributed by atoms with van der Waals surface area (Å²) in [6, 6.07) is 126. The zero-order valence-corrected chi connectivity index (χ0v) is 50.7. The van der Waals surface area contributed by atoms with E-state index in [2.05, 4.69) is 290 Å². The lowest BCUT2D eigenvalue weighted by atomic mass is 9.62. The van der Waals surface area contributed by atoms with Crippen LogP contribution >= 0.6 is 0 Å². The van der Waals surface area contributed by atoms with Gasteiger partial charge in [-0.2, -0.15) is 0 Å². The molecule has 0 fully saturated rings. The summed E-state index contributed by atoms with van der Waals surface area (Å²) in [4.78, 5) is 17.4. The minimum Gasteiger partial charge on any atom is -0.455 e. The number of furan rings is 1. The molecule has 1 aliphatic heterocycles. The lowest BCUT2D eigenvalue weighted by Gasteiger charge is -2.46. The molecule has 5 nitrogen and oxygen atoms in total. The number of fused-ring (bicyclic) bond motifs is 5. The normalized spacial score (nSPS) is 12.4. The van der Waals surface area contributed by atoms with E-state index in [0.717, 1.165) is 100 Å². The highest BCUT2D eigenvalue weighted by Gasteiger charge is 2.46. The van der Waals surface area contributed by atoms with Crippen LogP contribution in [-0.2, 0) is 5.41 Å². The summed E-state index contributed by atoms with van der Waals surface area (Å²) >= 11 is 0. The number of rotatable bonds is 12. The lowest BCUT2D eigenvalue weighted by Crippen LogP contribution is -2.37. The van der Waals surface area contributed by atoms with Gasteiger partial charge in [-0.15, -0.1) is 0 Å². The van der Waals surface area contributed by atoms with Crippen molar-refractivity contribution in [2.75, 3.05) is 4.90 Å². The second kappa shape index (κ2) is 23.2. The molecule has 0 bridgehead atoms. The second-order valence-corrected chi connectivity index (χ2v) is 23.8. The molecule has 16 aromatic rings. The molecule has 0 atom stereocenters. The van der Waals surface area contributed by atoms with Gasteiger partial charge >= 0.3 is 0 Å². The number of aromatic nitrogens is 3. The molecule has 2 aromatic heterocycles. The largest absolute Gasteiger partial charge is 0.455 e. The van der Waals surface area contributed by atoms with Crippen LogP contribution < -0.4 is 4.90 Å². The van der Waals surface area contributed by atoms with Gasteiger partial charge in [-0.25, -0.2) is 15.0 Å². The van der Waals surface area contributed by atoms with E-state index < -0.39 is 5.41 Å². The van der Waals surface area contributed by atoms with Crippen molar-refractivity contribution in [2.24, 2.45) is 0 Å². The van der Waals surface area contributed by atoms with Crippen molar-refractivity contribution in [3.8, 4) is 101 Å². The molecule has 1 aliphatic rings. The zero-order valence-electron chi connectivity index (χ0n) is 50.7. The maximum absolute atomic E-state index is 6.77. The predicted molar refractivity (Wildman–Crippen MR) is 383 cm³/mol. The van der Waals surface area contributed by atoms with Crippen molar-refractivity contribution < 1.29 is 4.42 Å². The first-order valence-corrected chi connectivity index (χ1v) is 31.6. The van der Waals surface area contributed by atoms with E-state index >= 15 is 0 Å². The maximum atomic E-state index is 6.77. The Hall–Kier alpha value is -12.3. The number of nitrogens with zero attached hydrogens (tertiary/aromatic N) is 4. The summed E-state index contributed by atoms with van der Waals surface area (Å²) in [5.74, 6) is 1.88. The van der Waals surface area contributed by atoms with Crippen LogP contribution in [0.1, 0.15) is 22.3 Å². The first kappa shape index (κ1) is 54.8. The van der Waals surface area contributed by atoms with E-state index in [9.17, 15) is 0 Å². The van der Waals surface area contributed by atoms with E-state index in [0.29, 0.717) is 17.5 Å². The van der Waals surface area contributed by atoms with Gasteiger partial charge in [-0.1, -0.05) is 285 Å². The fourth-order valence-electron chi connectivity index (χ4n) is 13.9. The molecule has 17 rings (SSSR count). The molecule has 3 heterocycles. The van der Waals surface area contributed by atoms with Crippen LogP contribution in [0.5, 0.6) is 0 Å². The molecular weight excluding hydrogens is 1130 g/mol. The Morgan fingerprint density at radius 1 is 0.247 bits per heavy atom. The van der Waals surface area contributed by atoms with Gasteiger partial charge in [0, 0.05) is 38.7 Å². The number of hydrogen-bond acceptors (Lipinski definition) is 5. The molecule has 5 heteroatoms. The number of hydrogen-bond donors (Lipinski definition) is 0. The molecule has 0 amide bonds. The predicted octanol–water partition coefficient (Wildman–Crippen LogP) is 22.9. The number of benzene rings is 14. The third-order valence-electron chi connectivity index (χ3n) is 18.4. The van der Waals surface area contributed by atoms with E-state index in [1.807, 2.05) is 66.7 Å². The minimum atomic E-state index is -0.679. The van der Waals surface area contributed by atoms with Crippen LogP contribution in [0.25, 0.3) is 123 Å². The van der Waals surface area contributed by atoms with Gasteiger partial charge in [0.05, 0.1) is 16.8 Å². The summed E-state index contributed by atoms with van der Waals surface area (Å²) in [7, 11) is 0. The summed E-state index contributed by atoms with van der Waals surface area (Å²) in [6.45, 7) is 0. The van der Waals surface area contributed by atoms with Crippen LogP contribution in [0.3, 0.4) is 0 Å².